The average molecular weight is 244 g/mol. The molecule has 0 bridgehead atoms. The van der Waals surface area contributed by atoms with Gasteiger partial charge in [0.2, 0.25) is 0 Å². The predicted octanol–water partition coefficient (Wildman–Crippen LogP) is 4.65. The van der Waals surface area contributed by atoms with Crippen molar-refractivity contribution in [3.63, 3.8) is 0 Å². The van der Waals surface area contributed by atoms with Crippen LogP contribution in [0.3, 0.4) is 0 Å². The SMILES string of the molecule is CCCc1cccc(C(=O)C2CCC(C)CC2)c1. The Hall–Kier alpha value is -1.11. The summed E-state index contributed by atoms with van der Waals surface area (Å²) >= 11 is 0. The molecule has 0 atom stereocenters. The number of hydrogen-bond acceptors (Lipinski definition) is 1. The Morgan fingerprint density at radius 3 is 2.61 bits per heavy atom. The van der Waals surface area contributed by atoms with Crippen LogP contribution in [-0.4, -0.2) is 5.78 Å². The number of carbonyl (C=O) groups excluding carboxylic acids is 1. The molecule has 0 aliphatic heterocycles. The molecule has 0 heterocycles. The third kappa shape index (κ3) is 3.22. The molecule has 0 saturated heterocycles. The maximum absolute atomic E-state index is 12.5. The van der Waals surface area contributed by atoms with Gasteiger partial charge in [-0.15, -0.1) is 0 Å². The summed E-state index contributed by atoms with van der Waals surface area (Å²) in [5.74, 6) is 1.46. The van der Waals surface area contributed by atoms with Gasteiger partial charge in [-0.3, -0.25) is 4.79 Å². The second-order valence-electron chi connectivity index (χ2n) is 5.77. The van der Waals surface area contributed by atoms with Crippen LogP contribution in [0.1, 0.15) is 61.9 Å². The number of Topliss-reactive ketones (excluding diaryl/α,β-unsaturated/α-hetero) is 1. The lowest BCUT2D eigenvalue weighted by atomic mass is 9.79. The van der Waals surface area contributed by atoms with Crippen LogP contribution in [0.5, 0.6) is 0 Å². The summed E-state index contributed by atoms with van der Waals surface area (Å²) in [5.41, 5.74) is 2.23. The second kappa shape index (κ2) is 6.17. The minimum absolute atomic E-state index is 0.276. The lowest BCUT2D eigenvalue weighted by molar-refractivity contribution is 0.0875. The van der Waals surface area contributed by atoms with Crippen LogP contribution >= 0.6 is 0 Å². The Kier molecular flexibility index (Phi) is 4.57. The molecule has 0 radical (unpaired) electrons. The topological polar surface area (TPSA) is 17.1 Å². The Labute approximate surface area is 111 Å². The van der Waals surface area contributed by atoms with Crippen molar-refractivity contribution in [2.75, 3.05) is 0 Å². The van der Waals surface area contributed by atoms with Gasteiger partial charge < -0.3 is 0 Å². The first-order valence-electron chi connectivity index (χ1n) is 7.34. The van der Waals surface area contributed by atoms with Crippen molar-refractivity contribution in [3.8, 4) is 0 Å². The first-order valence-corrected chi connectivity index (χ1v) is 7.34. The Morgan fingerprint density at radius 1 is 1.22 bits per heavy atom. The molecule has 1 heteroatoms. The summed E-state index contributed by atoms with van der Waals surface area (Å²) in [5, 5.41) is 0. The van der Waals surface area contributed by atoms with E-state index in [-0.39, 0.29) is 5.92 Å². The zero-order chi connectivity index (χ0) is 13.0. The zero-order valence-electron chi connectivity index (χ0n) is 11.6. The van der Waals surface area contributed by atoms with E-state index in [1.165, 1.54) is 18.4 Å². The molecule has 1 aromatic rings. The van der Waals surface area contributed by atoms with Crippen LogP contribution in [0.15, 0.2) is 24.3 Å². The van der Waals surface area contributed by atoms with Gasteiger partial charge in [0.25, 0.3) is 0 Å². The molecule has 1 aromatic carbocycles. The molecular weight excluding hydrogens is 220 g/mol. The Balaban J connectivity index is 2.06. The van der Waals surface area contributed by atoms with Crippen LogP contribution in [0.2, 0.25) is 0 Å². The van der Waals surface area contributed by atoms with Crippen molar-refractivity contribution < 1.29 is 4.79 Å². The van der Waals surface area contributed by atoms with Gasteiger partial charge >= 0.3 is 0 Å². The van der Waals surface area contributed by atoms with Gasteiger partial charge in [0.1, 0.15) is 0 Å². The molecule has 2 rings (SSSR count). The van der Waals surface area contributed by atoms with Crippen molar-refractivity contribution >= 4 is 5.78 Å². The summed E-state index contributed by atoms with van der Waals surface area (Å²) in [6, 6.07) is 8.25. The van der Waals surface area contributed by atoms with E-state index >= 15 is 0 Å². The van der Waals surface area contributed by atoms with Crippen molar-refractivity contribution in [3.05, 3.63) is 35.4 Å². The smallest absolute Gasteiger partial charge is 0.165 e. The fraction of sp³-hybridized carbons (Fsp3) is 0.588. The number of aryl methyl sites for hydroxylation is 1. The Bertz CT molecular complexity index is 400. The van der Waals surface area contributed by atoms with Crippen molar-refractivity contribution in [1.82, 2.24) is 0 Å². The van der Waals surface area contributed by atoms with E-state index in [4.69, 9.17) is 0 Å². The van der Waals surface area contributed by atoms with Crippen molar-refractivity contribution in [2.24, 2.45) is 11.8 Å². The predicted molar refractivity (Wildman–Crippen MR) is 75.9 cm³/mol. The monoisotopic (exact) mass is 244 g/mol. The summed E-state index contributed by atoms with van der Waals surface area (Å²) < 4.78 is 0. The van der Waals surface area contributed by atoms with Crippen LogP contribution in [0, 0.1) is 11.8 Å². The highest BCUT2D eigenvalue weighted by Crippen LogP contribution is 2.30. The highest BCUT2D eigenvalue weighted by molar-refractivity contribution is 5.98. The molecule has 0 aromatic heterocycles. The number of ketones is 1. The van der Waals surface area contributed by atoms with Gasteiger partial charge in [-0.2, -0.15) is 0 Å². The van der Waals surface area contributed by atoms with Crippen LogP contribution in [0.25, 0.3) is 0 Å². The minimum atomic E-state index is 0.276. The minimum Gasteiger partial charge on any atom is -0.294 e. The van der Waals surface area contributed by atoms with E-state index in [0.29, 0.717) is 5.78 Å². The van der Waals surface area contributed by atoms with Gasteiger partial charge in [0, 0.05) is 11.5 Å². The molecule has 18 heavy (non-hydrogen) atoms. The van der Waals surface area contributed by atoms with Crippen molar-refractivity contribution in [1.29, 1.82) is 0 Å². The molecule has 0 amide bonds. The van der Waals surface area contributed by atoms with Gasteiger partial charge in [0.05, 0.1) is 0 Å². The highest BCUT2D eigenvalue weighted by Gasteiger charge is 2.25. The molecule has 98 valence electrons. The molecule has 0 N–H and O–H groups in total. The lowest BCUT2D eigenvalue weighted by Crippen LogP contribution is -2.21. The molecule has 1 nitrogen and oxygen atoms in total. The largest absolute Gasteiger partial charge is 0.294 e. The van der Waals surface area contributed by atoms with E-state index in [2.05, 4.69) is 26.0 Å². The molecule has 0 unspecified atom stereocenters. The number of rotatable bonds is 4. The van der Waals surface area contributed by atoms with Gasteiger partial charge in [0.15, 0.2) is 5.78 Å². The third-order valence-corrected chi connectivity index (χ3v) is 4.14. The molecule has 1 aliphatic rings. The molecule has 1 fully saturated rings. The molecule has 1 aliphatic carbocycles. The van der Waals surface area contributed by atoms with E-state index in [1.54, 1.807) is 0 Å². The average Bonchev–Trinajstić information content (AvgIpc) is 2.39. The van der Waals surface area contributed by atoms with Crippen LogP contribution < -0.4 is 0 Å². The zero-order valence-corrected chi connectivity index (χ0v) is 11.6. The van der Waals surface area contributed by atoms with Gasteiger partial charge in [-0.1, -0.05) is 51.3 Å². The maximum Gasteiger partial charge on any atom is 0.165 e. The van der Waals surface area contributed by atoms with Gasteiger partial charge in [-0.25, -0.2) is 0 Å². The van der Waals surface area contributed by atoms with E-state index in [1.807, 2.05) is 12.1 Å². The number of carbonyl (C=O) groups is 1. The lowest BCUT2D eigenvalue weighted by Gasteiger charge is -2.25. The quantitative estimate of drug-likeness (QED) is 0.705. The van der Waals surface area contributed by atoms with E-state index in [9.17, 15) is 4.79 Å². The molecule has 1 saturated carbocycles. The van der Waals surface area contributed by atoms with Gasteiger partial charge in [-0.05, 0) is 36.8 Å². The van der Waals surface area contributed by atoms with Crippen LogP contribution in [-0.2, 0) is 6.42 Å². The number of benzene rings is 1. The maximum atomic E-state index is 12.5. The summed E-state index contributed by atoms with van der Waals surface area (Å²) in [4.78, 5) is 12.5. The van der Waals surface area contributed by atoms with E-state index < -0.39 is 0 Å². The number of hydrogen-bond donors (Lipinski definition) is 0. The summed E-state index contributed by atoms with van der Waals surface area (Å²) in [7, 11) is 0. The first-order chi connectivity index (χ1) is 8.70. The molecule has 0 spiro atoms. The fourth-order valence-electron chi connectivity index (χ4n) is 2.93. The van der Waals surface area contributed by atoms with Crippen molar-refractivity contribution in [2.45, 2.75) is 52.4 Å². The highest BCUT2D eigenvalue weighted by atomic mass is 16.1. The summed E-state index contributed by atoms with van der Waals surface area (Å²) in [6.45, 7) is 4.47. The second-order valence-corrected chi connectivity index (χ2v) is 5.77. The summed E-state index contributed by atoms with van der Waals surface area (Å²) in [6.07, 6.45) is 6.80. The van der Waals surface area contributed by atoms with Crippen LogP contribution in [0.4, 0.5) is 0 Å². The normalized spacial score (nSPS) is 23.9. The van der Waals surface area contributed by atoms with E-state index in [0.717, 1.165) is 37.2 Å². The standard InChI is InChI=1S/C17H24O/c1-3-5-14-6-4-7-16(12-14)17(18)15-10-8-13(2)9-11-15/h4,6-7,12-13,15H,3,5,8-11H2,1-2H3. The Morgan fingerprint density at radius 2 is 1.94 bits per heavy atom. The fourth-order valence-corrected chi connectivity index (χ4v) is 2.93. The first kappa shape index (κ1) is 13.3. The molecular formula is C17H24O. The third-order valence-electron chi connectivity index (χ3n) is 4.14.